The molecule has 0 aliphatic rings. The fourth-order valence-corrected chi connectivity index (χ4v) is 4.64. The molecule has 32 heavy (non-hydrogen) atoms. The largest absolute Gasteiger partial charge is 0.439 e. The molecule has 10 nitrogen and oxygen atoms in total. The Morgan fingerprint density at radius 1 is 1.25 bits per heavy atom. The molecule has 0 atom stereocenters. The molecule has 0 N–H and O–H groups in total. The van der Waals surface area contributed by atoms with Gasteiger partial charge in [0.15, 0.2) is 5.75 Å². The summed E-state index contributed by atoms with van der Waals surface area (Å²) in [7, 11) is 4.18. The maximum Gasteiger partial charge on any atom is 0.439 e. The molecule has 3 aromatic rings. The van der Waals surface area contributed by atoms with Crippen LogP contribution in [0.4, 0.5) is 4.79 Å². The lowest BCUT2D eigenvalue weighted by Crippen LogP contribution is -2.38. The van der Waals surface area contributed by atoms with Gasteiger partial charge >= 0.3 is 11.8 Å². The second-order valence-electron chi connectivity index (χ2n) is 8.30. The van der Waals surface area contributed by atoms with Crippen molar-refractivity contribution in [1.82, 2.24) is 23.7 Å². The van der Waals surface area contributed by atoms with E-state index in [1.165, 1.54) is 32.5 Å². The molecule has 0 unspecified atom stereocenters. The Morgan fingerprint density at radius 3 is 2.53 bits per heavy atom. The van der Waals surface area contributed by atoms with E-state index in [1.54, 1.807) is 10.8 Å². The van der Waals surface area contributed by atoms with Crippen molar-refractivity contribution >= 4 is 27.6 Å². The first-order valence-corrected chi connectivity index (χ1v) is 11.1. The summed E-state index contributed by atoms with van der Waals surface area (Å²) in [4.78, 5) is 49.0. The molecule has 11 heteroatoms. The number of aromatic nitrogens is 4. The van der Waals surface area contributed by atoms with Crippen molar-refractivity contribution in [2.24, 2.45) is 13.0 Å². The first-order chi connectivity index (χ1) is 15.1. The monoisotopic (exact) mass is 463 g/mol. The summed E-state index contributed by atoms with van der Waals surface area (Å²) in [5.74, 6) is 1.35. The Morgan fingerprint density at radius 2 is 1.94 bits per heavy atom. The van der Waals surface area contributed by atoms with Gasteiger partial charge in [0.1, 0.15) is 16.0 Å². The van der Waals surface area contributed by atoms with E-state index in [-0.39, 0.29) is 23.0 Å². The molecule has 3 rings (SSSR count). The summed E-state index contributed by atoms with van der Waals surface area (Å²) in [6.45, 7) is 8.82. The van der Waals surface area contributed by atoms with Crippen LogP contribution < -0.4 is 16.0 Å². The zero-order valence-corrected chi connectivity index (χ0v) is 20.2. The Labute approximate surface area is 189 Å². The van der Waals surface area contributed by atoms with Gasteiger partial charge in [-0.15, -0.1) is 11.3 Å². The zero-order chi connectivity index (χ0) is 23.7. The van der Waals surface area contributed by atoms with E-state index in [4.69, 9.17) is 9.57 Å². The van der Waals surface area contributed by atoms with E-state index in [0.29, 0.717) is 22.8 Å². The average Bonchev–Trinajstić information content (AvgIpc) is 3.34. The van der Waals surface area contributed by atoms with Crippen molar-refractivity contribution in [3.63, 3.8) is 0 Å². The van der Waals surface area contributed by atoms with E-state index < -0.39 is 17.3 Å². The van der Waals surface area contributed by atoms with Gasteiger partial charge in [0.25, 0.3) is 5.56 Å². The van der Waals surface area contributed by atoms with E-state index in [0.717, 1.165) is 15.5 Å². The number of hydrogen-bond donors (Lipinski definition) is 0. The average molecular weight is 464 g/mol. The van der Waals surface area contributed by atoms with Gasteiger partial charge in [0.2, 0.25) is 0 Å². The number of imidazole rings is 1. The number of ether oxygens (including phenoxy) is 1. The van der Waals surface area contributed by atoms with Crippen molar-refractivity contribution < 1.29 is 14.4 Å². The quantitative estimate of drug-likeness (QED) is 0.500. The number of thiophene rings is 1. The van der Waals surface area contributed by atoms with Crippen molar-refractivity contribution in [3.05, 3.63) is 43.9 Å². The number of rotatable bonds is 7. The smallest absolute Gasteiger partial charge is 0.406 e. The summed E-state index contributed by atoms with van der Waals surface area (Å²) in [6.07, 6.45) is 2.78. The molecule has 0 bridgehead atoms. The molecule has 0 aliphatic carbocycles. The molecule has 0 radical (unpaired) electrons. The highest BCUT2D eigenvalue weighted by Gasteiger charge is 2.26. The van der Waals surface area contributed by atoms with E-state index in [9.17, 15) is 14.4 Å². The Balaban J connectivity index is 2.29. The SMILES string of the molecule is CON(C)C(=O)Oc1c(Cn2ccnc2C(C)C)sc2c1c(=O)n(C)c(=O)n2CC(C)C. The molecule has 0 aromatic carbocycles. The number of fused-ring (bicyclic) bond motifs is 1. The minimum Gasteiger partial charge on any atom is -0.406 e. The number of amides is 1. The third-order valence-corrected chi connectivity index (χ3v) is 6.22. The van der Waals surface area contributed by atoms with E-state index in [1.807, 2.05) is 38.5 Å². The third kappa shape index (κ3) is 4.35. The molecule has 0 spiro atoms. The van der Waals surface area contributed by atoms with Crippen LogP contribution in [0.2, 0.25) is 0 Å². The van der Waals surface area contributed by atoms with Crippen LogP contribution in [0.5, 0.6) is 5.75 Å². The highest BCUT2D eigenvalue weighted by atomic mass is 32.1. The molecule has 3 heterocycles. The second-order valence-corrected chi connectivity index (χ2v) is 9.39. The van der Waals surface area contributed by atoms with Gasteiger partial charge in [-0.3, -0.25) is 18.8 Å². The van der Waals surface area contributed by atoms with Crippen molar-refractivity contribution in [2.45, 2.75) is 46.7 Å². The summed E-state index contributed by atoms with van der Waals surface area (Å²) in [5, 5.41) is 1.13. The molecule has 1 amide bonds. The predicted molar refractivity (Wildman–Crippen MR) is 122 cm³/mol. The number of nitrogens with zero attached hydrogens (tertiary/aromatic N) is 5. The number of carbonyl (C=O) groups excluding carboxylic acids is 1. The lowest BCUT2D eigenvalue weighted by molar-refractivity contribution is -0.0789. The van der Waals surface area contributed by atoms with E-state index in [2.05, 4.69) is 4.98 Å². The van der Waals surface area contributed by atoms with Gasteiger partial charge < -0.3 is 9.30 Å². The van der Waals surface area contributed by atoms with Crippen molar-refractivity contribution in [3.8, 4) is 5.75 Å². The molecule has 0 saturated carbocycles. The molecule has 0 saturated heterocycles. The highest BCUT2D eigenvalue weighted by Crippen LogP contribution is 2.37. The summed E-state index contributed by atoms with van der Waals surface area (Å²) in [5.41, 5.74) is -0.911. The number of hydrogen-bond acceptors (Lipinski definition) is 7. The van der Waals surface area contributed by atoms with Gasteiger partial charge in [-0.1, -0.05) is 27.7 Å². The predicted octanol–water partition coefficient (Wildman–Crippen LogP) is 2.78. The van der Waals surface area contributed by atoms with Crippen LogP contribution in [0, 0.1) is 5.92 Å². The van der Waals surface area contributed by atoms with Crippen LogP contribution in [0.25, 0.3) is 10.2 Å². The van der Waals surface area contributed by atoms with Gasteiger partial charge in [0.05, 0.1) is 18.5 Å². The van der Waals surface area contributed by atoms with Crippen LogP contribution in [-0.2, 0) is 25.0 Å². The van der Waals surface area contributed by atoms with Crippen LogP contribution in [0.1, 0.15) is 44.3 Å². The molecular formula is C21H29N5O5S. The molecular weight excluding hydrogens is 434 g/mol. The number of hydroxylamine groups is 2. The second kappa shape index (κ2) is 9.29. The molecule has 0 aliphatic heterocycles. The summed E-state index contributed by atoms with van der Waals surface area (Å²) < 4.78 is 10.2. The highest BCUT2D eigenvalue weighted by molar-refractivity contribution is 7.19. The van der Waals surface area contributed by atoms with Crippen molar-refractivity contribution in [2.75, 3.05) is 14.2 Å². The fourth-order valence-electron chi connectivity index (χ4n) is 3.43. The standard InChI is InChI=1S/C21H29N5O5S/c1-12(2)10-26-19-15(18(27)23(5)20(26)28)16(31-21(29)24(6)30-7)14(32-19)11-25-9-8-22-17(25)13(3)4/h8-9,12-13H,10-11H2,1-7H3. The molecule has 3 aromatic heterocycles. The maximum absolute atomic E-state index is 13.1. The van der Waals surface area contributed by atoms with Crippen molar-refractivity contribution in [1.29, 1.82) is 0 Å². The number of carbonyl (C=O) groups is 1. The maximum atomic E-state index is 13.1. The Bertz CT molecular complexity index is 1250. The van der Waals surface area contributed by atoms with Gasteiger partial charge in [-0.2, -0.15) is 5.06 Å². The molecule has 0 fully saturated rings. The zero-order valence-electron chi connectivity index (χ0n) is 19.4. The summed E-state index contributed by atoms with van der Waals surface area (Å²) in [6, 6.07) is 0. The van der Waals surface area contributed by atoms with Gasteiger partial charge in [0, 0.05) is 39.0 Å². The summed E-state index contributed by atoms with van der Waals surface area (Å²) >= 11 is 1.27. The minimum absolute atomic E-state index is 0.139. The lowest BCUT2D eigenvalue weighted by Gasteiger charge is -2.15. The topological polar surface area (TPSA) is 101 Å². The van der Waals surface area contributed by atoms with Crippen LogP contribution >= 0.6 is 11.3 Å². The van der Waals surface area contributed by atoms with E-state index >= 15 is 0 Å². The first-order valence-electron chi connectivity index (χ1n) is 10.3. The van der Waals surface area contributed by atoms with Crippen LogP contribution in [0.15, 0.2) is 22.0 Å². The molecule has 174 valence electrons. The van der Waals surface area contributed by atoms with Gasteiger partial charge in [-0.25, -0.2) is 14.6 Å². The Kier molecular flexibility index (Phi) is 6.89. The third-order valence-electron chi connectivity index (χ3n) is 5.04. The first kappa shape index (κ1) is 23.7. The van der Waals surface area contributed by atoms with Gasteiger partial charge in [-0.05, 0) is 5.92 Å². The Hall–Kier alpha value is -2.92. The fraction of sp³-hybridized carbons (Fsp3) is 0.524. The normalized spacial score (nSPS) is 11.7. The minimum atomic E-state index is -0.771. The lowest BCUT2D eigenvalue weighted by atomic mass is 10.2. The van der Waals surface area contributed by atoms with Crippen LogP contribution in [0.3, 0.4) is 0 Å². The van der Waals surface area contributed by atoms with Crippen LogP contribution in [-0.4, -0.2) is 44.0 Å².